The lowest BCUT2D eigenvalue weighted by Crippen LogP contribution is -2.71. The van der Waals surface area contributed by atoms with Crippen molar-refractivity contribution in [3.63, 3.8) is 0 Å². The summed E-state index contributed by atoms with van der Waals surface area (Å²) < 4.78 is 25.0. The molecule has 0 aromatic rings. The number of rotatable bonds is 3. The first-order valence-corrected chi connectivity index (χ1v) is 17.1. The average Bonchev–Trinajstić information content (AvgIpc) is 3.42. The van der Waals surface area contributed by atoms with Crippen molar-refractivity contribution in [2.24, 2.45) is 46.3 Å². The van der Waals surface area contributed by atoms with E-state index in [-0.39, 0.29) is 42.1 Å². The molecule has 7 N–H and O–H groups in total. The smallest absolute Gasteiger partial charge is 0.187 e. The highest BCUT2D eigenvalue weighted by molar-refractivity contribution is 5.20. The molecule has 0 aromatic carbocycles. The first kappa shape index (κ1) is 32.1. The van der Waals surface area contributed by atoms with E-state index in [1.807, 2.05) is 6.92 Å². The summed E-state index contributed by atoms with van der Waals surface area (Å²) in [6.45, 7) is 9.10. The average molecular weight is 627 g/mol. The summed E-state index contributed by atoms with van der Waals surface area (Å²) in [5.74, 6) is 1.21. The van der Waals surface area contributed by atoms with Crippen LogP contribution in [-0.2, 0) is 18.9 Å². The summed E-state index contributed by atoms with van der Waals surface area (Å²) in [7, 11) is 0. The number of hydrogen-bond acceptors (Lipinski definition) is 11. The largest absolute Gasteiger partial charge is 0.394 e. The van der Waals surface area contributed by atoms with E-state index < -0.39 is 72.4 Å². The van der Waals surface area contributed by atoms with Crippen molar-refractivity contribution in [2.75, 3.05) is 13.2 Å². The van der Waals surface area contributed by atoms with Gasteiger partial charge >= 0.3 is 0 Å². The molecule has 0 radical (unpaired) electrons. The summed E-state index contributed by atoms with van der Waals surface area (Å²) >= 11 is 0. The molecule has 3 aliphatic heterocycles. The van der Waals surface area contributed by atoms with E-state index in [9.17, 15) is 35.7 Å². The van der Waals surface area contributed by atoms with Gasteiger partial charge in [-0.15, -0.1) is 0 Å². The van der Waals surface area contributed by atoms with Crippen LogP contribution in [0.25, 0.3) is 0 Å². The van der Waals surface area contributed by atoms with Crippen LogP contribution in [0, 0.1) is 46.3 Å². The molecule has 1 spiro atoms. The number of fused-ring (bicyclic) bond motifs is 7. The Morgan fingerprint density at radius 3 is 2.32 bits per heavy atom. The van der Waals surface area contributed by atoms with Crippen molar-refractivity contribution in [3.8, 4) is 0 Å². The van der Waals surface area contributed by atoms with Gasteiger partial charge in [0.1, 0.15) is 24.4 Å². The van der Waals surface area contributed by atoms with Crippen LogP contribution in [-0.4, -0.2) is 115 Å². The zero-order chi connectivity index (χ0) is 31.6. The van der Waals surface area contributed by atoms with Gasteiger partial charge in [-0.05, 0) is 73.5 Å². The monoisotopic (exact) mass is 626 g/mol. The predicted molar refractivity (Wildman–Crippen MR) is 155 cm³/mol. The van der Waals surface area contributed by atoms with Gasteiger partial charge in [-0.3, -0.25) is 0 Å². The van der Waals surface area contributed by atoms with Gasteiger partial charge in [-0.25, -0.2) is 0 Å². The first-order chi connectivity index (χ1) is 20.7. The van der Waals surface area contributed by atoms with E-state index in [4.69, 9.17) is 18.9 Å². The molecule has 11 nitrogen and oxygen atoms in total. The second-order valence-electron chi connectivity index (χ2n) is 16.3. The van der Waals surface area contributed by atoms with Crippen LogP contribution in [0.1, 0.15) is 79.1 Å². The first-order valence-electron chi connectivity index (χ1n) is 17.1. The van der Waals surface area contributed by atoms with E-state index >= 15 is 0 Å². The minimum atomic E-state index is -1.59. The number of aliphatic hydroxyl groups excluding tert-OH is 6. The highest BCUT2D eigenvalue weighted by Gasteiger charge is 2.72. The van der Waals surface area contributed by atoms with Crippen LogP contribution in [0.3, 0.4) is 0 Å². The Morgan fingerprint density at radius 1 is 0.886 bits per heavy atom. The van der Waals surface area contributed by atoms with Gasteiger partial charge in [0, 0.05) is 24.2 Å². The maximum absolute atomic E-state index is 12.2. The molecule has 7 aliphatic rings. The van der Waals surface area contributed by atoms with Crippen LogP contribution < -0.4 is 0 Å². The third kappa shape index (κ3) is 4.34. The molecule has 4 aliphatic carbocycles. The summed E-state index contributed by atoms with van der Waals surface area (Å²) in [4.78, 5) is 0. The standard InChI is InChI=1S/C33H54O11/c1-15-5-8-33(41-14-15)16(2)25-21(44-33)10-19-17-9-24(36)32(40)11-20(35)22(12-31(32,4)18(17)6-7-30(19,25)3)42-29-28(39)27(38)26(37)23(13-34)43-29/h15-29,34-40H,5-14H2,1-4H3/t15-,16+,17-,18+,19+,20-,21+,22-,23-,24-,25+,26-,27+,28-,29-,30+,31-,32+,33-/m1/s1. The fraction of sp³-hybridized carbons (Fsp3) is 1.00. The van der Waals surface area contributed by atoms with Crippen molar-refractivity contribution in [3.05, 3.63) is 0 Å². The lowest BCUT2D eigenvalue weighted by molar-refractivity contribution is -0.339. The van der Waals surface area contributed by atoms with Crippen LogP contribution in [0.15, 0.2) is 0 Å². The molecule has 7 rings (SSSR count). The Bertz CT molecular complexity index is 1080. The molecule has 0 amide bonds. The van der Waals surface area contributed by atoms with Gasteiger partial charge < -0.3 is 54.7 Å². The Hall–Kier alpha value is -0.440. The van der Waals surface area contributed by atoms with Gasteiger partial charge in [0.05, 0.1) is 43.2 Å². The van der Waals surface area contributed by atoms with Crippen molar-refractivity contribution in [1.29, 1.82) is 0 Å². The van der Waals surface area contributed by atoms with Gasteiger partial charge in [0.15, 0.2) is 12.1 Å². The molecule has 0 bridgehead atoms. The number of ether oxygens (including phenoxy) is 4. The van der Waals surface area contributed by atoms with Crippen molar-refractivity contribution < 1.29 is 54.7 Å². The highest BCUT2D eigenvalue weighted by atomic mass is 16.7. The molecule has 252 valence electrons. The third-order valence-electron chi connectivity index (χ3n) is 14.3. The van der Waals surface area contributed by atoms with Crippen LogP contribution in [0.5, 0.6) is 0 Å². The van der Waals surface area contributed by atoms with Crippen molar-refractivity contribution in [2.45, 2.75) is 146 Å². The summed E-state index contributed by atoms with van der Waals surface area (Å²) in [5, 5.41) is 75.7. The molecule has 19 atom stereocenters. The van der Waals surface area contributed by atoms with Crippen LogP contribution in [0.2, 0.25) is 0 Å². The Kier molecular flexibility index (Phi) is 7.87. The minimum Gasteiger partial charge on any atom is -0.394 e. The van der Waals surface area contributed by atoms with E-state index in [2.05, 4.69) is 20.8 Å². The number of aliphatic hydroxyl groups is 7. The molecule has 11 heteroatoms. The van der Waals surface area contributed by atoms with E-state index in [1.54, 1.807) is 0 Å². The molecule has 3 heterocycles. The fourth-order valence-electron chi connectivity index (χ4n) is 11.8. The van der Waals surface area contributed by atoms with E-state index in [1.165, 1.54) is 0 Å². The molecule has 7 fully saturated rings. The predicted octanol–water partition coefficient (Wildman–Crippen LogP) is 0.675. The number of hydrogen-bond donors (Lipinski definition) is 7. The lowest BCUT2D eigenvalue weighted by atomic mass is 9.42. The minimum absolute atomic E-state index is 0.0210. The summed E-state index contributed by atoms with van der Waals surface area (Å²) in [6.07, 6.45) is -4.77. The Balaban J connectivity index is 1.13. The molecular formula is C33H54O11. The third-order valence-corrected chi connectivity index (χ3v) is 14.3. The Morgan fingerprint density at radius 2 is 1.64 bits per heavy atom. The second-order valence-corrected chi connectivity index (χ2v) is 16.3. The van der Waals surface area contributed by atoms with Crippen LogP contribution >= 0.6 is 0 Å². The molecule has 0 unspecified atom stereocenters. The molecular weight excluding hydrogens is 572 g/mol. The fourth-order valence-corrected chi connectivity index (χ4v) is 11.8. The maximum atomic E-state index is 12.2. The summed E-state index contributed by atoms with van der Waals surface area (Å²) in [5.41, 5.74) is -2.30. The van der Waals surface area contributed by atoms with Gasteiger partial charge in [0.2, 0.25) is 0 Å². The quantitative estimate of drug-likeness (QED) is 0.219. The second kappa shape index (κ2) is 10.8. The maximum Gasteiger partial charge on any atom is 0.187 e. The lowest BCUT2D eigenvalue weighted by Gasteiger charge is -2.66. The zero-order valence-corrected chi connectivity index (χ0v) is 26.5. The van der Waals surface area contributed by atoms with Crippen molar-refractivity contribution in [1.82, 2.24) is 0 Å². The van der Waals surface area contributed by atoms with Gasteiger partial charge in [-0.2, -0.15) is 0 Å². The molecule has 3 saturated heterocycles. The van der Waals surface area contributed by atoms with E-state index in [0.717, 1.165) is 38.7 Å². The molecule has 44 heavy (non-hydrogen) atoms. The SMILES string of the molecule is C[C@@H]1CC[C@@]2(OC1)O[C@H]1C[C@H]3[C@@H]4C[C@@H](O)[C@@]5(O)C[C@@H](O)[C@H](O[C@@H]6O[C@H](CO)[C@@H](O)[C@H](O)[C@H]6O)C[C@]5(C)[C@H]4CC[C@]3(C)[C@H]1[C@@H]2C. The molecule has 0 aromatic heterocycles. The summed E-state index contributed by atoms with van der Waals surface area (Å²) in [6, 6.07) is 0. The zero-order valence-electron chi connectivity index (χ0n) is 26.5. The topological polar surface area (TPSA) is 179 Å². The van der Waals surface area contributed by atoms with Crippen LogP contribution in [0.4, 0.5) is 0 Å². The molecule has 4 saturated carbocycles. The normalized spacial score (nSPS) is 62.1. The van der Waals surface area contributed by atoms with Gasteiger partial charge in [0.25, 0.3) is 0 Å². The van der Waals surface area contributed by atoms with Crippen molar-refractivity contribution >= 4 is 0 Å². The van der Waals surface area contributed by atoms with Gasteiger partial charge in [-0.1, -0.05) is 27.7 Å². The van der Waals surface area contributed by atoms with E-state index in [0.29, 0.717) is 24.2 Å². The highest BCUT2D eigenvalue weighted by Crippen LogP contribution is 2.72. The Labute approximate surface area is 259 Å².